The highest BCUT2D eigenvalue weighted by Crippen LogP contribution is 2.42. The van der Waals surface area contributed by atoms with Crippen molar-refractivity contribution in [2.75, 3.05) is 13.2 Å². The van der Waals surface area contributed by atoms with E-state index in [0.29, 0.717) is 47.3 Å². The summed E-state index contributed by atoms with van der Waals surface area (Å²) in [5.74, 6) is -0.173. The number of hydrogen-bond acceptors (Lipinski definition) is 4. The van der Waals surface area contributed by atoms with Gasteiger partial charge in [0.2, 0.25) is 0 Å². The van der Waals surface area contributed by atoms with Gasteiger partial charge >= 0.3 is 5.97 Å². The van der Waals surface area contributed by atoms with E-state index in [-0.39, 0.29) is 0 Å². The van der Waals surface area contributed by atoms with Gasteiger partial charge in [0.15, 0.2) is 11.5 Å². The molecule has 0 saturated heterocycles. The normalized spacial score (nSPS) is 15.3. The number of rotatable bonds is 3. The van der Waals surface area contributed by atoms with Crippen molar-refractivity contribution in [3.63, 3.8) is 0 Å². The Morgan fingerprint density at radius 3 is 2.83 bits per heavy atom. The number of ether oxygens (including phenoxy) is 2. The smallest absolute Gasteiger partial charge is 0.325 e. The van der Waals surface area contributed by atoms with Gasteiger partial charge in [0.25, 0.3) is 0 Å². The third-order valence-corrected chi connectivity index (χ3v) is 3.26. The lowest BCUT2D eigenvalue weighted by atomic mass is 9.97. The second-order valence-electron chi connectivity index (χ2n) is 3.95. The first kappa shape index (κ1) is 13.0. The van der Waals surface area contributed by atoms with Gasteiger partial charge in [-0.3, -0.25) is 4.79 Å². The molecule has 5 nitrogen and oxygen atoms in total. The Balaban J connectivity index is 2.58. The van der Waals surface area contributed by atoms with Gasteiger partial charge in [-0.2, -0.15) is 0 Å². The zero-order chi connectivity index (χ0) is 13.3. The minimum atomic E-state index is -1.12. The van der Waals surface area contributed by atoms with Crippen LogP contribution in [-0.2, 0) is 11.2 Å². The molecule has 0 radical (unpaired) electrons. The number of carboxylic acid groups (broad SMARTS) is 1. The van der Waals surface area contributed by atoms with Crippen molar-refractivity contribution < 1.29 is 19.4 Å². The number of nitrogens with two attached hydrogens (primary N) is 1. The summed E-state index contributed by atoms with van der Waals surface area (Å²) in [6, 6.07) is 0.492. The number of benzene rings is 1. The van der Waals surface area contributed by atoms with E-state index in [1.807, 2.05) is 6.92 Å². The van der Waals surface area contributed by atoms with Crippen LogP contribution < -0.4 is 15.2 Å². The first-order valence-corrected chi connectivity index (χ1v) is 6.03. The summed E-state index contributed by atoms with van der Waals surface area (Å²) in [5, 5.41) is 9.40. The predicted octanol–water partition coefficient (Wildman–Crippen LogP) is 1.76. The Bertz CT molecular complexity index is 489. The summed E-state index contributed by atoms with van der Waals surface area (Å²) < 4.78 is 10.9. The fraction of sp³-hybridized carbons (Fsp3) is 0.417. The lowest BCUT2D eigenvalue weighted by molar-refractivity contribution is -0.138. The molecule has 1 aliphatic rings. The zero-order valence-electron chi connectivity index (χ0n) is 9.90. The molecule has 0 saturated carbocycles. The standard InChI is InChI=1S/C12H14ClNO4/c1-2-6-7(10(14)12(15)16)5-8-11(9(6)13)18-4-3-17-8/h5,10H,2-4,14H2,1H3,(H,15,16). The van der Waals surface area contributed by atoms with Gasteiger partial charge in [0, 0.05) is 0 Å². The van der Waals surface area contributed by atoms with Gasteiger partial charge in [0.1, 0.15) is 19.3 Å². The lowest BCUT2D eigenvalue weighted by Crippen LogP contribution is -2.23. The van der Waals surface area contributed by atoms with Gasteiger partial charge in [-0.15, -0.1) is 0 Å². The maximum absolute atomic E-state index is 11.0. The molecule has 6 heteroatoms. The third-order valence-electron chi connectivity index (χ3n) is 2.87. The second kappa shape index (κ2) is 5.04. The van der Waals surface area contributed by atoms with E-state index in [4.69, 9.17) is 31.9 Å². The fourth-order valence-electron chi connectivity index (χ4n) is 1.97. The number of carboxylic acids is 1. The molecule has 1 heterocycles. The minimum Gasteiger partial charge on any atom is -0.486 e. The van der Waals surface area contributed by atoms with Crippen LogP contribution in [0.15, 0.2) is 6.07 Å². The Morgan fingerprint density at radius 2 is 2.22 bits per heavy atom. The maximum Gasteiger partial charge on any atom is 0.325 e. The number of hydrogen-bond donors (Lipinski definition) is 2. The molecule has 18 heavy (non-hydrogen) atoms. The monoisotopic (exact) mass is 271 g/mol. The lowest BCUT2D eigenvalue weighted by Gasteiger charge is -2.23. The van der Waals surface area contributed by atoms with Crippen LogP contribution in [-0.4, -0.2) is 24.3 Å². The highest BCUT2D eigenvalue weighted by atomic mass is 35.5. The molecule has 1 aromatic rings. The van der Waals surface area contributed by atoms with E-state index in [1.54, 1.807) is 6.07 Å². The zero-order valence-corrected chi connectivity index (χ0v) is 10.7. The van der Waals surface area contributed by atoms with Crippen LogP contribution in [0.4, 0.5) is 0 Å². The van der Waals surface area contributed by atoms with Crippen molar-refractivity contribution in [3.05, 3.63) is 22.2 Å². The Morgan fingerprint density at radius 1 is 1.56 bits per heavy atom. The molecule has 0 fully saturated rings. The van der Waals surface area contributed by atoms with E-state index in [0.717, 1.165) is 0 Å². The summed E-state index contributed by atoms with van der Waals surface area (Å²) in [5.41, 5.74) is 6.82. The highest BCUT2D eigenvalue weighted by Gasteiger charge is 2.26. The molecule has 1 unspecified atom stereocenters. The van der Waals surface area contributed by atoms with E-state index in [2.05, 4.69) is 0 Å². The maximum atomic E-state index is 11.0. The van der Waals surface area contributed by atoms with Crippen LogP contribution in [0.3, 0.4) is 0 Å². The summed E-state index contributed by atoms with van der Waals surface area (Å²) in [4.78, 5) is 11.0. The van der Waals surface area contributed by atoms with Gasteiger partial charge in [-0.25, -0.2) is 0 Å². The number of halogens is 1. The second-order valence-corrected chi connectivity index (χ2v) is 4.33. The molecule has 1 aromatic carbocycles. The van der Waals surface area contributed by atoms with Crippen molar-refractivity contribution in [3.8, 4) is 11.5 Å². The van der Waals surface area contributed by atoms with Crippen LogP contribution in [0.5, 0.6) is 11.5 Å². The average Bonchev–Trinajstić information content (AvgIpc) is 2.37. The van der Waals surface area contributed by atoms with E-state index in [1.165, 1.54) is 0 Å². The summed E-state index contributed by atoms with van der Waals surface area (Å²) in [6.07, 6.45) is 0.575. The largest absolute Gasteiger partial charge is 0.486 e. The Labute approximate surface area is 109 Å². The van der Waals surface area contributed by atoms with E-state index < -0.39 is 12.0 Å². The summed E-state index contributed by atoms with van der Waals surface area (Å²) in [7, 11) is 0. The molecule has 3 N–H and O–H groups in total. The number of fused-ring (bicyclic) bond motifs is 1. The average molecular weight is 272 g/mol. The Hall–Kier alpha value is -1.46. The molecular weight excluding hydrogens is 258 g/mol. The van der Waals surface area contributed by atoms with Crippen LogP contribution in [0.2, 0.25) is 5.02 Å². The van der Waals surface area contributed by atoms with Crippen molar-refractivity contribution in [1.29, 1.82) is 0 Å². The third kappa shape index (κ3) is 2.11. The fourth-order valence-corrected chi connectivity index (χ4v) is 2.36. The molecule has 1 aliphatic heterocycles. The molecule has 98 valence electrons. The molecule has 2 rings (SSSR count). The quantitative estimate of drug-likeness (QED) is 0.875. The van der Waals surface area contributed by atoms with Crippen molar-refractivity contribution in [2.45, 2.75) is 19.4 Å². The molecule has 0 bridgehead atoms. The van der Waals surface area contributed by atoms with Gasteiger partial charge in [0.05, 0.1) is 5.02 Å². The first-order chi connectivity index (χ1) is 8.56. The molecular formula is C12H14ClNO4. The van der Waals surface area contributed by atoms with E-state index >= 15 is 0 Å². The van der Waals surface area contributed by atoms with Crippen molar-refractivity contribution in [1.82, 2.24) is 0 Å². The number of carbonyl (C=O) groups is 1. The summed E-state index contributed by atoms with van der Waals surface area (Å²) in [6.45, 7) is 2.73. The van der Waals surface area contributed by atoms with Crippen LogP contribution in [0, 0.1) is 0 Å². The SMILES string of the molecule is CCc1c(C(N)C(=O)O)cc2c(c1Cl)OCCO2. The van der Waals surface area contributed by atoms with Gasteiger partial charge in [-0.1, -0.05) is 18.5 Å². The first-order valence-electron chi connectivity index (χ1n) is 5.65. The predicted molar refractivity (Wildman–Crippen MR) is 66.4 cm³/mol. The van der Waals surface area contributed by atoms with E-state index in [9.17, 15) is 4.79 Å². The minimum absolute atomic E-state index is 0.390. The van der Waals surface area contributed by atoms with Crippen LogP contribution in [0.1, 0.15) is 24.1 Å². The van der Waals surface area contributed by atoms with Crippen molar-refractivity contribution in [2.24, 2.45) is 5.73 Å². The molecule has 0 aliphatic carbocycles. The summed E-state index contributed by atoms with van der Waals surface area (Å²) >= 11 is 6.23. The van der Waals surface area contributed by atoms with Crippen molar-refractivity contribution >= 4 is 17.6 Å². The molecule has 1 atom stereocenters. The topological polar surface area (TPSA) is 81.8 Å². The number of aliphatic carboxylic acids is 1. The van der Waals surface area contributed by atoms with Crippen LogP contribution in [0.25, 0.3) is 0 Å². The molecule has 0 spiro atoms. The highest BCUT2D eigenvalue weighted by molar-refractivity contribution is 6.33. The molecule has 0 amide bonds. The Kier molecular flexibility index (Phi) is 3.63. The molecule has 0 aromatic heterocycles. The van der Waals surface area contributed by atoms with Gasteiger partial charge in [-0.05, 0) is 23.6 Å². The van der Waals surface area contributed by atoms with Gasteiger partial charge < -0.3 is 20.3 Å². The van der Waals surface area contributed by atoms with Crippen LogP contribution >= 0.6 is 11.6 Å².